The zero-order valence-corrected chi connectivity index (χ0v) is 11.1. The quantitative estimate of drug-likeness (QED) is 0.826. The SMILES string of the molecule is Nc1ccc(Cl)cc1NC(=O)CCCn1ccnc1. The second kappa shape index (κ2) is 6.24. The van der Waals surface area contributed by atoms with Crippen LogP contribution in [-0.4, -0.2) is 15.5 Å². The van der Waals surface area contributed by atoms with E-state index in [1.54, 1.807) is 30.7 Å². The van der Waals surface area contributed by atoms with Crippen LogP contribution in [0.1, 0.15) is 12.8 Å². The molecule has 0 spiro atoms. The van der Waals surface area contributed by atoms with Gasteiger partial charge in [-0.2, -0.15) is 0 Å². The highest BCUT2D eigenvalue weighted by atomic mass is 35.5. The van der Waals surface area contributed by atoms with Crippen LogP contribution in [0.5, 0.6) is 0 Å². The molecule has 1 heterocycles. The van der Waals surface area contributed by atoms with Gasteiger partial charge < -0.3 is 15.6 Å². The van der Waals surface area contributed by atoms with E-state index < -0.39 is 0 Å². The molecule has 0 aliphatic heterocycles. The molecule has 0 bridgehead atoms. The second-order valence-electron chi connectivity index (χ2n) is 4.18. The molecule has 2 aromatic rings. The molecular weight excluding hydrogens is 264 g/mol. The maximum Gasteiger partial charge on any atom is 0.224 e. The number of aryl methyl sites for hydroxylation is 1. The Morgan fingerprint density at radius 1 is 1.47 bits per heavy atom. The third kappa shape index (κ3) is 3.99. The van der Waals surface area contributed by atoms with Crippen molar-refractivity contribution in [1.29, 1.82) is 0 Å². The summed E-state index contributed by atoms with van der Waals surface area (Å²) in [5, 5.41) is 3.30. The minimum absolute atomic E-state index is 0.0749. The van der Waals surface area contributed by atoms with E-state index in [0.717, 1.165) is 13.0 Å². The molecule has 0 saturated carbocycles. The predicted molar refractivity (Wildman–Crippen MR) is 76.0 cm³/mol. The van der Waals surface area contributed by atoms with Crippen LogP contribution in [-0.2, 0) is 11.3 Å². The Morgan fingerprint density at radius 2 is 2.32 bits per heavy atom. The number of hydrogen-bond acceptors (Lipinski definition) is 3. The molecule has 100 valence electrons. The summed E-state index contributed by atoms with van der Waals surface area (Å²) in [6.45, 7) is 0.762. The fourth-order valence-corrected chi connectivity index (χ4v) is 1.86. The molecule has 0 aliphatic carbocycles. The van der Waals surface area contributed by atoms with E-state index in [-0.39, 0.29) is 5.91 Å². The summed E-state index contributed by atoms with van der Waals surface area (Å²) in [5.41, 5.74) is 6.82. The van der Waals surface area contributed by atoms with Crippen molar-refractivity contribution < 1.29 is 4.79 Å². The zero-order chi connectivity index (χ0) is 13.7. The van der Waals surface area contributed by atoms with Crippen molar-refractivity contribution in [3.8, 4) is 0 Å². The standard InChI is InChI=1S/C13H15ClN4O/c14-10-3-4-11(15)12(8-10)17-13(19)2-1-6-18-7-5-16-9-18/h3-5,7-9H,1-2,6,15H2,(H,17,19). The van der Waals surface area contributed by atoms with Crippen molar-refractivity contribution >= 4 is 28.9 Å². The number of nitrogens with two attached hydrogens (primary N) is 1. The number of hydrogen-bond donors (Lipinski definition) is 2. The number of anilines is 2. The van der Waals surface area contributed by atoms with E-state index in [0.29, 0.717) is 22.8 Å². The fraction of sp³-hybridized carbons (Fsp3) is 0.231. The highest BCUT2D eigenvalue weighted by molar-refractivity contribution is 6.31. The number of benzene rings is 1. The lowest BCUT2D eigenvalue weighted by atomic mass is 10.2. The van der Waals surface area contributed by atoms with Crippen molar-refractivity contribution in [2.45, 2.75) is 19.4 Å². The Hall–Kier alpha value is -2.01. The monoisotopic (exact) mass is 278 g/mol. The molecule has 0 aliphatic rings. The average Bonchev–Trinajstić information content (AvgIpc) is 2.87. The Labute approximate surface area is 116 Å². The van der Waals surface area contributed by atoms with Gasteiger partial charge in [-0.15, -0.1) is 0 Å². The van der Waals surface area contributed by atoms with Crippen molar-refractivity contribution in [3.63, 3.8) is 0 Å². The van der Waals surface area contributed by atoms with Gasteiger partial charge in [0.2, 0.25) is 5.91 Å². The highest BCUT2D eigenvalue weighted by Gasteiger charge is 2.06. The fourth-order valence-electron chi connectivity index (χ4n) is 1.69. The van der Waals surface area contributed by atoms with Crippen molar-refractivity contribution in [2.75, 3.05) is 11.1 Å². The topological polar surface area (TPSA) is 72.9 Å². The summed E-state index contributed by atoms with van der Waals surface area (Å²) in [6, 6.07) is 5.00. The van der Waals surface area contributed by atoms with Gasteiger partial charge in [0.25, 0.3) is 0 Å². The Kier molecular flexibility index (Phi) is 4.41. The first kappa shape index (κ1) is 13.4. The number of amides is 1. The van der Waals surface area contributed by atoms with Gasteiger partial charge in [0.15, 0.2) is 0 Å². The minimum atomic E-state index is -0.0749. The van der Waals surface area contributed by atoms with Crippen molar-refractivity contribution in [2.24, 2.45) is 0 Å². The number of nitrogen functional groups attached to an aromatic ring is 1. The van der Waals surface area contributed by atoms with Crippen LogP contribution in [0.4, 0.5) is 11.4 Å². The lowest BCUT2D eigenvalue weighted by molar-refractivity contribution is -0.116. The third-order valence-electron chi connectivity index (χ3n) is 2.67. The number of halogens is 1. The van der Waals surface area contributed by atoms with Crippen LogP contribution in [0.15, 0.2) is 36.9 Å². The molecule has 1 aromatic heterocycles. The van der Waals surface area contributed by atoms with Gasteiger partial charge in [0, 0.05) is 30.4 Å². The van der Waals surface area contributed by atoms with E-state index in [1.807, 2.05) is 10.8 Å². The van der Waals surface area contributed by atoms with Gasteiger partial charge >= 0.3 is 0 Å². The normalized spacial score (nSPS) is 10.4. The summed E-state index contributed by atoms with van der Waals surface area (Å²) >= 11 is 5.86. The molecule has 3 N–H and O–H groups in total. The molecular formula is C13H15ClN4O. The van der Waals surface area contributed by atoms with Gasteiger partial charge in [-0.25, -0.2) is 4.98 Å². The number of nitrogens with one attached hydrogen (secondary N) is 1. The molecule has 0 unspecified atom stereocenters. The van der Waals surface area contributed by atoms with E-state index in [2.05, 4.69) is 10.3 Å². The minimum Gasteiger partial charge on any atom is -0.397 e. The molecule has 6 heteroatoms. The van der Waals surface area contributed by atoms with Gasteiger partial charge in [0.05, 0.1) is 17.7 Å². The van der Waals surface area contributed by atoms with Crippen molar-refractivity contribution in [3.05, 3.63) is 41.9 Å². The van der Waals surface area contributed by atoms with E-state index in [1.165, 1.54) is 0 Å². The largest absolute Gasteiger partial charge is 0.397 e. The van der Waals surface area contributed by atoms with Crippen LogP contribution in [0.25, 0.3) is 0 Å². The lowest BCUT2D eigenvalue weighted by Gasteiger charge is -2.08. The average molecular weight is 279 g/mol. The van der Waals surface area contributed by atoms with Crippen LogP contribution in [0, 0.1) is 0 Å². The van der Waals surface area contributed by atoms with E-state index in [9.17, 15) is 4.79 Å². The molecule has 0 saturated heterocycles. The molecule has 0 atom stereocenters. The smallest absolute Gasteiger partial charge is 0.224 e. The molecule has 1 amide bonds. The summed E-state index contributed by atoms with van der Waals surface area (Å²) in [5.74, 6) is -0.0749. The van der Waals surface area contributed by atoms with Gasteiger partial charge in [-0.1, -0.05) is 11.6 Å². The third-order valence-corrected chi connectivity index (χ3v) is 2.90. The van der Waals surface area contributed by atoms with Crippen LogP contribution in [0.2, 0.25) is 5.02 Å². The number of carbonyl (C=O) groups excluding carboxylic acids is 1. The first-order valence-electron chi connectivity index (χ1n) is 5.96. The number of imidazole rings is 1. The van der Waals surface area contributed by atoms with Gasteiger partial charge in [-0.3, -0.25) is 4.79 Å². The van der Waals surface area contributed by atoms with Crippen LogP contribution in [0.3, 0.4) is 0 Å². The first-order chi connectivity index (χ1) is 9.15. The van der Waals surface area contributed by atoms with Crippen molar-refractivity contribution in [1.82, 2.24) is 9.55 Å². The molecule has 1 aromatic carbocycles. The van der Waals surface area contributed by atoms with Gasteiger partial charge in [0.1, 0.15) is 0 Å². The summed E-state index contributed by atoms with van der Waals surface area (Å²) in [6.07, 6.45) is 6.47. The summed E-state index contributed by atoms with van der Waals surface area (Å²) in [4.78, 5) is 15.7. The number of nitrogens with zero attached hydrogens (tertiary/aromatic N) is 2. The lowest BCUT2D eigenvalue weighted by Crippen LogP contribution is -2.13. The number of rotatable bonds is 5. The summed E-state index contributed by atoms with van der Waals surface area (Å²) in [7, 11) is 0. The molecule has 19 heavy (non-hydrogen) atoms. The Balaban J connectivity index is 1.82. The van der Waals surface area contributed by atoms with Gasteiger partial charge in [-0.05, 0) is 24.6 Å². The van der Waals surface area contributed by atoms with E-state index in [4.69, 9.17) is 17.3 Å². The number of carbonyl (C=O) groups is 1. The summed E-state index contributed by atoms with van der Waals surface area (Å²) < 4.78 is 1.93. The molecule has 0 fully saturated rings. The zero-order valence-electron chi connectivity index (χ0n) is 10.3. The maximum atomic E-state index is 11.8. The predicted octanol–water partition coefficient (Wildman–Crippen LogP) is 2.54. The first-order valence-corrected chi connectivity index (χ1v) is 6.33. The molecule has 2 rings (SSSR count). The highest BCUT2D eigenvalue weighted by Crippen LogP contribution is 2.23. The number of aromatic nitrogens is 2. The van der Waals surface area contributed by atoms with Crippen LogP contribution >= 0.6 is 11.6 Å². The maximum absolute atomic E-state index is 11.8. The van der Waals surface area contributed by atoms with Crippen LogP contribution < -0.4 is 11.1 Å². The Morgan fingerprint density at radius 3 is 3.05 bits per heavy atom. The Bertz CT molecular complexity index is 554. The van der Waals surface area contributed by atoms with E-state index >= 15 is 0 Å². The second-order valence-corrected chi connectivity index (χ2v) is 4.62. The molecule has 0 radical (unpaired) electrons. The molecule has 5 nitrogen and oxygen atoms in total.